The molecule has 0 N–H and O–H groups in total. The molecule has 0 spiro atoms. The molecule has 0 bridgehead atoms. The number of pyridine rings is 4. The van der Waals surface area contributed by atoms with Crippen molar-refractivity contribution in [3.05, 3.63) is 71.3 Å². The molecule has 0 amide bonds. The van der Waals surface area contributed by atoms with Crippen molar-refractivity contribution in [2.45, 2.75) is 48.2 Å². The summed E-state index contributed by atoms with van der Waals surface area (Å²) in [7, 11) is 0. The first-order chi connectivity index (χ1) is 22.9. The number of halogens is 1. The number of nitrogens with zero attached hydrogens (tertiary/aromatic N) is 8. The summed E-state index contributed by atoms with van der Waals surface area (Å²) in [6, 6.07) is 9.93. The van der Waals surface area contributed by atoms with Gasteiger partial charge in [-0.25, -0.2) is 14.4 Å². The van der Waals surface area contributed by atoms with E-state index in [0.717, 1.165) is 123 Å². The van der Waals surface area contributed by atoms with Crippen molar-refractivity contribution in [2.24, 2.45) is 0 Å². The van der Waals surface area contributed by atoms with Gasteiger partial charge in [0.15, 0.2) is 0 Å². The van der Waals surface area contributed by atoms with E-state index in [2.05, 4.69) is 65.9 Å². The molecule has 2 fully saturated rings. The van der Waals surface area contributed by atoms with Crippen molar-refractivity contribution < 1.29 is 13.9 Å². The van der Waals surface area contributed by atoms with Crippen LogP contribution >= 0.6 is 0 Å². The van der Waals surface area contributed by atoms with Crippen molar-refractivity contribution in [3.8, 4) is 0 Å². The van der Waals surface area contributed by atoms with Gasteiger partial charge < -0.3 is 18.6 Å². The molecule has 254 valence electrons. The Morgan fingerprint density at radius 3 is 1.65 bits per heavy atom. The minimum atomic E-state index is -0.260. The van der Waals surface area contributed by atoms with Gasteiger partial charge in [-0.15, -0.1) is 0 Å². The molecule has 8 heterocycles. The number of ether oxygens (including phenoxy) is 2. The lowest BCUT2D eigenvalue weighted by atomic mass is 10.2. The van der Waals surface area contributed by atoms with E-state index < -0.39 is 0 Å². The first kappa shape index (κ1) is 33.9. The highest BCUT2D eigenvalue weighted by atomic mass is 19.1. The van der Waals surface area contributed by atoms with Crippen molar-refractivity contribution in [1.82, 2.24) is 38.9 Å². The Balaban J connectivity index is 0.000000164. The van der Waals surface area contributed by atoms with Gasteiger partial charge in [-0.3, -0.25) is 19.8 Å². The van der Waals surface area contributed by atoms with Gasteiger partial charge in [0.05, 0.1) is 54.5 Å². The monoisotopic (exact) mass is 654 g/mol. The van der Waals surface area contributed by atoms with Gasteiger partial charge in [-0.05, 0) is 58.0 Å². The summed E-state index contributed by atoms with van der Waals surface area (Å²) in [5, 5.41) is 4.35. The van der Waals surface area contributed by atoms with Crippen LogP contribution in [0, 0.1) is 33.5 Å². The summed E-state index contributed by atoms with van der Waals surface area (Å²) in [6.07, 6.45) is 3.67. The van der Waals surface area contributed by atoms with E-state index in [1.165, 1.54) is 16.3 Å². The summed E-state index contributed by atoms with van der Waals surface area (Å²) in [4.78, 5) is 23.1. The molecule has 6 aromatic heterocycles. The van der Waals surface area contributed by atoms with Crippen LogP contribution in [0.5, 0.6) is 0 Å². The lowest BCUT2D eigenvalue weighted by Crippen LogP contribution is -2.38. The lowest BCUT2D eigenvalue weighted by Gasteiger charge is -2.26. The van der Waals surface area contributed by atoms with E-state index in [4.69, 9.17) is 14.5 Å². The molecule has 0 atom stereocenters. The number of fused-ring (bicyclic) bond motifs is 6. The summed E-state index contributed by atoms with van der Waals surface area (Å²) >= 11 is 0. The molecule has 10 nitrogen and oxygen atoms in total. The van der Waals surface area contributed by atoms with Crippen LogP contribution in [0.25, 0.3) is 43.9 Å². The second kappa shape index (κ2) is 14.6. The minimum absolute atomic E-state index is 0. The molecule has 11 heteroatoms. The summed E-state index contributed by atoms with van der Waals surface area (Å²) in [5.41, 5.74) is 7.69. The molecule has 0 aromatic carbocycles. The smallest absolute Gasteiger partial charge is 0.145 e. The molecule has 2 saturated heterocycles. The van der Waals surface area contributed by atoms with Crippen LogP contribution in [0.4, 0.5) is 4.39 Å². The van der Waals surface area contributed by atoms with E-state index in [1.54, 1.807) is 19.2 Å². The van der Waals surface area contributed by atoms with Crippen LogP contribution in [-0.2, 0) is 22.6 Å². The number of hydrogen-bond acceptors (Lipinski definition) is 8. The molecular formula is C37H47FN8O2. The van der Waals surface area contributed by atoms with Gasteiger partial charge in [0.1, 0.15) is 17.1 Å². The second-order valence-corrected chi connectivity index (χ2v) is 12.5. The van der Waals surface area contributed by atoms with Crippen LogP contribution < -0.4 is 0 Å². The normalized spacial score (nSPS) is 16.0. The topological polar surface area (TPSA) is 86.4 Å². The zero-order valence-electron chi connectivity index (χ0n) is 27.8. The first-order valence-corrected chi connectivity index (χ1v) is 16.6. The Bertz CT molecular complexity index is 2040. The maximum Gasteiger partial charge on any atom is 0.145 e. The van der Waals surface area contributed by atoms with Crippen LogP contribution in [0.3, 0.4) is 0 Å². The van der Waals surface area contributed by atoms with Crippen LogP contribution in [0.1, 0.15) is 30.2 Å². The molecule has 0 unspecified atom stereocenters. The average molecular weight is 655 g/mol. The van der Waals surface area contributed by atoms with Gasteiger partial charge in [0, 0.05) is 92.0 Å². The Morgan fingerprint density at radius 2 is 1.10 bits per heavy atom. The Hall–Kier alpha value is -4.03. The van der Waals surface area contributed by atoms with E-state index in [9.17, 15) is 4.39 Å². The summed E-state index contributed by atoms with van der Waals surface area (Å²) < 4.78 is 29.4. The third-order valence-corrected chi connectivity index (χ3v) is 9.48. The van der Waals surface area contributed by atoms with Crippen molar-refractivity contribution >= 4 is 43.9 Å². The zero-order valence-corrected chi connectivity index (χ0v) is 27.8. The summed E-state index contributed by atoms with van der Waals surface area (Å²) in [5.74, 6) is -0.260. The highest BCUT2D eigenvalue weighted by Crippen LogP contribution is 2.31. The highest BCUT2D eigenvalue weighted by molar-refractivity contribution is 6.08. The van der Waals surface area contributed by atoms with Crippen LogP contribution in [-0.4, -0.2) is 105 Å². The molecule has 48 heavy (non-hydrogen) atoms. The third kappa shape index (κ3) is 6.64. The molecule has 8 rings (SSSR count). The van der Waals surface area contributed by atoms with Gasteiger partial charge in [0.2, 0.25) is 0 Å². The van der Waals surface area contributed by atoms with Crippen molar-refractivity contribution in [1.29, 1.82) is 0 Å². The van der Waals surface area contributed by atoms with Crippen molar-refractivity contribution in [2.75, 3.05) is 65.7 Å². The maximum atomic E-state index is 14.1. The van der Waals surface area contributed by atoms with Crippen LogP contribution in [0.15, 0.2) is 42.7 Å². The van der Waals surface area contributed by atoms with Gasteiger partial charge in [0.25, 0.3) is 0 Å². The van der Waals surface area contributed by atoms with Gasteiger partial charge >= 0.3 is 0 Å². The fourth-order valence-corrected chi connectivity index (χ4v) is 6.94. The lowest BCUT2D eigenvalue weighted by molar-refractivity contribution is 0.0366. The fourth-order valence-electron chi connectivity index (χ4n) is 6.94. The Labute approximate surface area is 281 Å². The predicted molar refractivity (Wildman–Crippen MR) is 190 cm³/mol. The van der Waals surface area contributed by atoms with E-state index in [1.807, 2.05) is 19.2 Å². The molecule has 0 saturated carbocycles. The fraction of sp³-hybridized carbons (Fsp3) is 0.459. The van der Waals surface area contributed by atoms with E-state index >= 15 is 0 Å². The number of hydrogen-bond donors (Lipinski definition) is 0. The number of aromatic nitrogens is 6. The highest BCUT2D eigenvalue weighted by Gasteiger charge is 2.19. The minimum Gasteiger partial charge on any atom is -0.379 e. The molecule has 0 aliphatic carbocycles. The Kier molecular flexibility index (Phi) is 10.3. The first-order valence-electron chi connectivity index (χ1n) is 16.6. The molecule has 0 radical (unpaired) electrons. The Morgan fingerprint density at radius 1 is 0.604 bits per heavy atom. The predicted octanol–water partition coefficient (Wildman–Crippen LogP) is 5.84. The average Bonchev–Trinajstić information content (AvgIpc) is 3.57. The zero-order chi connectivity index (χ0) is 32.5. The van der Waals surface area contributed by atoms with Gasteiger partial charge in [-0.2, -0.15) is 0 Å². The SMILES string of the molecule is C.Cc1ccc2c3ccnc(C)c3n(CCN3CCOCC3)c2n1.Cc1nc2c(cc1F)c1ccnc(C)c1n2CCN1CCOCC1. The van der Waals surface area contributed by atoms with E-state index in [0.29, 0.717) is 5.69 Å². The second-order valence-electron chi connectivity index (χ2n) is 12.5. The standard InChI is InChI=1S/C18H21FN4O.C18H22N4O.CH4/c1-12-16(19)11-15-14-3-4-20-13(2)17(14)23(18(15)21-12)6-5-22-7-9-24-10-8-22;1-13-3-4-16-15-5-6-19-14(2)17(15)22(18(16)20-13)8-7-21-9-11-23-12-10-21;/h3-4,11H,5-10H2,1-2H3;3-6H,7-12H2,1-2H3;1H4. The molecular weight excluding hydrogens is 607 g/mol. The molecule has 6 aromatic rings. The third-order valence-electron chi connectivity index (χ3n) is 9.48. The molecule has 2 aliphatic heterocycles. The summed E-state index contributed by atoms with van der Waals surface area (Å²) in [6.45, 7) is 18.7. The number of aryl methyl sites for hydroxylation is 4. The molecule has 2 aliphatic rings. The largest absolute Gasteiger partial charge is 0.379 e. The van der Waals surface area contributed by atoms with E-state index in [-0.39, 0.29) is 13.2 Å². The van der Waals surface area contributed by atoms with Crippen LogP contribution in [0.2, 0.25) is 0 Å². The quantitative estimate of drug-likeness (QED) is 0.222. The maximum absolute atomic E-state index is 14.1. The van der Waals surface area contributed by atoms with Crippen molar-refractivity contribution in [3.63, 3.8) is 0 Å². The number of rotatable bonds is 6. The number of morpholine rings is 2. The van der Waals surface area contributed by atoms with Gasteiger partial charge in [-0.1, -0.05) is 7.43 Å².